The molecule has 1 aliphatic rings. The summed E-state index contributed by atoms with van der Waals surface area (Å²) in [6.07, 6.45) is 22.0. The van der Waals surface area contributed by atoms with Gasteiger partial charge in [-0.2, -0.15) is 0 Å². The Labute approximate surface area is 209 Å². The van der Waals surface area contributed by atoms with E-state index in [9.17, 15) is 5.11 Å². The average Bonchev–Trinajstić information content (AvgIpc) is 2.87. The highest BCUT2D eigenvalue weighted by atomic mass is 16.5. The minimum atomic E-state index is -0.573. The molecule has 1 aliphatic heterocycles. The quantitative estimate of drug-likeness (QED) is 0.382. The number of rotatable bonds is 9. The third-order valence-electron chi connectivity index (χ3n) is 5.31. The monoisotopic (exact) mass is 465 g/mol. The number of piperidine rings is 1. The summed E-state index contributed by atoms with van der Waals surface area (Å²) in [4.78, 5) is 2.58. The molecule has 1 atom stereocenters. The second-order valence-corrected chi connectivity index (χ2v) is 8.17. The Morgan fingerprint density at radius 1 is 1.09 bits per heavy atom. The Balaban J connectivity index is 0.000000514. The van der Waals surface area contributed by atoms with Crippen molar-refractivity contribution < 1.29 is 9.84 Å². The summed E-state index contributed by atoms with van der Waals surface area (Å²) in [5.41, 5.74) is 0.857. The van der Waals surface area contributed by atoms with E-state index < -0.39 is 6.10 Å². The fourth-order valence-corrected chi connectivity index (χ4v) is 3.22. The molecule has 0 aliphatic carbocycles. The molecule has 188 valence electrons. The van der Waals surface area contributed by atoms with Crippen molar-refractivity contribution in [3.63, 3.8) is 0 Å². The third-order valence-corrected chi connectivity index (χ3v) is 5.31. The number of aliphatic hydroxyl groups excluding tert-OH is 1. The van der Waals surface area contributed by atoms with Crippen molar-refractivity contribution in [3.05, 3.63) is 103 Å². The number of methoxy groups -OCH3 is 1. The Bertz CT molecular complexity index is 751. The van der Waals surface area contributed by atoms with E-state index in [1.54, 1.807) is 19.3 Å². The van der Waals surface area contributed by atoms with Crippen LogP contribution in [0.3, 0.4) is 0 Å². The summed E-state index contributed by atoms with van der Waals surface area (Å²) in [5, 5.41) is 9.80. The number of allylic oxidation sites excluding steroid dienone is 8. The van der Waals surface area contributed by atoms with Crippen LogP contribution in [0.4, 0.5) is 0 Å². The van der Waals surface area contributed by atoms with Crippen LogP contribution in [0, 0.1) is 5.92 Å². The summed E-state index contributed by atoms with van der Waals surface area (Å²) >= 11 is 0. The van der Waals surface area contributed by atoms with Crippen LogP contribution in [-0.2, 0) is 0 Å². The maximum atomic E-state index is 9.80. The summed E-state index contributed by atoms with van der Waals surface area (Å²) < 4.78 is 4.91. The molecule has 3 heteroatoms. The Kier molecular flexibility index (Phi) is 20.5. The molecule has 2 rings (SSSR count). The van der Waals surface area contributed by atoms with Crippen LogP contribution >= 0.6 is 0 Å². The van der Waals surface area contributed by atoms with Gasteiger partial charge in [0.25, 0.3) is 0 Å². The van der Waals surface area contributed by atoms with Crippen molar-refractivity contribution in [1.29, 1.82) is 0 Å². The maximum Gasteiger partial charge on any atom is 0.118 e. The van der Waals surface area contributed by atoms with E-state index in [1.807, 2.05) is 92.8 Å². The second-order valence-electron chi connectivity index (χ2n) is 8.17. The number of benzene rings is 1. The zero-order chi connectivity index (χ0) is 25.4. The van der Waals surface area contributed by atoms with Gasteiger partial charge in [0.15, 0.2) is 0 Å². The summed E-state index contributed by atoms with van der Waals surface area (Å²) in [6, 6.07) is 9.68. The smallest absolute Gasteiger partial charge is 0.118 e. The Hall–Kier alpha value is -2.62. The Morgan fingerprint density at radius 2 is 1.74 bits per heavy atom. The van der Waals surface area contributed by atoms with Crippen LogP contribution in [0.25, 0.3) is 0 Å². The standard InChI is InChI=1S/C15H20O.C9H19N.C7H8O/c1-4-7-9-10-11-13-15(16)14(6-3)12-8-5-2;1-3-6-10-7-4-9(2)5-8-10;1-8-7-5-3-2-4-6-7/h4-13,15-16H,2H2,1,3H3;9H,3-8H2,1-2H3;2-6H,1H3/b7-4-,10-9-,12-8-,13-11+,14-6+;;/t15-;;/m1../s1. The number of likely N-dealkylation sites (tertiary alicyclic amines) is 1. The van der Waals surface area contributed by atoms with Crippen molar-refractivity contribution in [2.24, 2.45) is 5.92 Å². The number of hydrogen-bond acceptors (Lipinski definition) is 3. The minimum Gasteiger partial charge on any atom is -0.497 e. The van der Waals surface area contributed by atoms with Crippen LogP contribution in [0.1, 0.15) is 47.0 Å². The SMILES string of the molecule is C=C/C=C\C(=C/C)[C@H](O)/C=C/C=C\C=C/C.CCCN1CCC(C)CC1.COc1ccccc1. The molecule has 0 unspecified atom stereocenters. The second kappa shape index (κ2) is 22.2. The molecule has 34 heavy (non-hydrogen) atoms. The van der Waals surface area contributed by atoms with Gasteiger partial charge in [-0.1, -0.05) is 99.4 Å². The van der Waals surface area contributed by atoms with E-state index in [2.05, 4.69) is 25.3 Å². The van der Waals surface area contributed by atoms with Crippen molar-refractivity contribution >= 4 is 0 Å². The lowest BCUT2D eigenvalue weighted by Gasteiger charge is -2.29. The zero-order valence-corrected chi connectivity index (χ0v) is 22.1. The fourth-order valence-electron chi connectivity index (χ4n) is 3.22. The molecule has 0 bridgehead atoms. The molecule has 0 spiro atoms. The lowest BCUT2D eigenvalue weighted by Crippen LogP contribution is -2.33. The predicted octanol–water partition coefficient (Wildman–Crippen LogP) is 7.55. The maximum absolute atomic E-state index is 9.80. The molecule has 0 amide bonds. The molecule has 1 N–H and O–H groups in total. The fraction of sp³-hybridized carbons (Fsp3) is 0.419. The van der Waals surface area contributed by atoms with Gasteiger partial charge in [-0.15, -0.1) is 0 Å². The molecule has 0 aromatic heterocycles. The topological polar surface area (TPSA) is 32.7 Å². The molecule has 3 nitrogen and oxygen atoms in total. The number of aliphatic hydroxyl groups is 1. The van der Waals surface area contributed by atoms with Gasteiger partial charge in [0, 0.05) is 0 Å². The minimum absolute atomic E-state index is 0.573. The van der Waals surface area contributed by atoms with E-state index in [0.29, 0.717) is 0 Å². The van der Waals surface area contributed by atoms with Crippen molar-refractivity contribution in [2.75, 3.05) is 26.7 Å². The van der Waals surface area contributed by atoms with Crippen LogP contribution in [-0.4, -0.2) is 42.9 Å². The highest BCUT2D eigenvalue weighted by molar-refractivity contribution is 5.29. The largest absolute Gasteiger partial charge is 0.497 e. The van der Waals surface area contributed by atoms with Crippen LogP contribution in [0.15, 0.2) is 103 Å². The Morgan fingerprint density at radius 3 is 2.24 bits per heavy atom. The molecule has 1 heterocycles. The van der Waals surface area contributed by atoms with Gasteiger partial charge in [0.05, 0.1) is 13.2 Å². The number of nitrogens with zero attached hydrogens (tertiary/aromatic N) is 1. The number of ether oxygens (including phenoxy) is 1. The van der Waals surface area contributed by atoms with Crippen LogP contribution < -0.4 is 4.74 Å². The first kappa shape index (κ1) is 31.4. The molecule has 0 saturated carbocycles. The van der Waals surface area contributed by atoms with Gasteiger partial charge in [-0.25, -0.2) is 0 Å². The molecule has 1 aromatic carbocycles. The summed E-state index contributed by atoms with van der Waals surface area (Å²) in [6.45, 7) is 16.1. The zero-order valence-electron chi connectivity index (χ0n) is 22.1. The average molecular weight is 466 g/mol. The predicted molar refractivity (Wildman–Crippen MR) is 150 cm³/mol. The van der Waals surface area contributed by atoms with Gasteiger partial charge in [-0.05, 0) is 76.4 Å². The first-order chi connectivity index (χ1) is 16.5. The normalized spacial score (nSPS) is 16.4. The lowest BCUT2D eigenvalue weighted by molar-refractivity contribution is 0.193. The van der Waals surface area contributed by atoms with E-state index in [4.69, 9.17) is 4.74 Å². The summed E-state index contributed by atoms with van der Waals surface area (Å²) in [5.74, 6) is 1.89. The van der Waals surface area contributed by atoms with E-state index in [-0.39, 0.29) is 0 Å². The molecule has 1 saturated heterocycles. The lowest BCUT2D eigenvalue weighted by atomic mass is 9.99. The number of hydrogen-bond donors (Lipinski definition) is 1. The van der Waals surface area contributed by atoms with Gasteiger partial charge < -0.3 is 14.7 Å². The van der Waals surface area contributed by atoms with Crippen molar-refractivity contribution in [3.8, 4) is 5.75 Å². The molecule has 1 aromatic rings. The highest BCUT2D eigenvalue weighted by Gasteiger charge is 2.13. The van der Waals surface area contributed by atoms with Gasteiger partial charge >= 0.3 is 0 Å². The van der Waals surface area contributed by atoms with Gasteiger partial charge in [-0.3, -0.25) is 0 Å². The highest BCUT2D eigenvalue weighted by Crippen LogP contribution is 2.15. The van der Waals surface area contributed by atoms with Crippen molar-refractivity contribution in [2.45, 2.75) is 53.1 Å². The van der Waals surface area contributed by atoms with E-state index in [1.165, 1.54) is 38.9 Å². The first-order valence-electron chi connectivity index (χ1n) is 12.4. The first-order valence-corrected chi connectivity index (χ1v) is 12.4. The molecule has 1 fully saturated rings. The van der Waals surface area contributed by atoms with Crippen LogP contribution in [0.5, 0.6) is 5.75 Å². The molecular formula is C31H47NO2. The number of para-hydroxylation sites is 1. The van der Waals surface area contributed by atoms with Crippen molar-refractivity contribution in [1.82, 2.24) is 4.90 Å². The van der Waals surface area contributed by atoms with Gasteiger partial charge in [0.1, 0.15) is 5.75 Å². The van der Waals surface area contributed by atoms with Gasteiger partial charge in [0.2, 0.25) is 0 Å². The summed E-state index contributed by atoms with van der Waals surface area (Å²) in [7, 11) is 1.66. The van der Waals surface area contributed by atoms with E-state index >= 15 is 0 Å². The van der Waals surface area contributed by atoms with Crippen LogP contribution in [0.2, 0.25) is 0 Å². The third kappa shape index (κ3) is 16.9. The molecular weight excluding hydrogens is 418 g/mol. The molecule has 0 radical (unpaired) electrons. The van der Waals surface area contributed by atoms with E-state index in [0.717, 1.165) is 17.2 Å².